The molecule has 3 heteroatoms. The minimum atomic E-state index is -2.17. The summed E-state index contributed by atoms with van der Waals surface area (Å²) in [7, 11) is 0. The molecule has 0 saturated carbocycles. The number of rotatable bonds is 3. The predicted octanol–water partition coefficient (Wildman–Crippen LogP) is 2.91. The molecule has 1 aromatic rings. The van der Waals surface area contributed by atoms with Crippen LogP contribution in [0.25, 0.3) is 0 Å². The second kappa shape index (κ2) is 5.25. The van der Waals surface area contributed by atoms with Gasteiger partial charge in [0.15, 0.2) is 0 Å². The van der Waals surface area contributed by atoms with Gasteiger partial charge in [0.05, 0.1) is 5.25 Å². The van der Waals surface area contributed by atoms with Crippen LogP contribution in [0.4, 0.5) is 0 Å². The van der Waals surface area contributed by atoms with Crippen molar-refractivity contribution in [3.05, 3.63) is 72.4 Å². The van der Waals surface area contributed by atoms with E-state index in [1.807, 2.05) is 54.6 Å². The van der Waals surface area contributed by atoms with Gasteiger partial charge < -0.3 is 4.55 Å². The number of allylic oxidation sites excluding steroid dienone is 5. The van der Waals surface area contributed by atoms with E-state index < -0.39 is 16.3 Å². The lowest BCUT2D eigenvalue weighted by Crippen LogP contribution is -2.18. The smallest absolute Gasteiger partial charge is 0.0568 e. The molecule has 88 valence electrons. The number of benzene rings is 1. The van der Waals surface area contributed by atoms with Gasteiger partial charge in [-0.3, -0.25) is 4.21 Å². The zero-order chi connectivity index (χ0) is 12.3. The van der Waals surface area contributed by atoms with Gasteiger partial charge in [0.1, 0.15) is 0 Å². The molecule has 0 N–H and O–H groups in total. The second-order valence-electron chi connectivity index (χ2n) is 3.94. The fraction of sp³-hybridized carbons (Fsp3) is 0.143. The Morgan fingerprint density at radius 2 is 1.94 bits per heavy atom. The molecule has 1 aromatic carbocycles. The van der Waals surface area contributed by atoms with Crippen LogP contribution in [0.3, 0.4) is 0 Å². The van der Waals surface area contributed by atoms with Gasteiger partial charge in [-0.05, 0) is 22.2 Å². The van der Waals surface area contributed by atoms with E-state index in [2.05, 4.69) is 6.58 Å². The Morgan fingerprint density at radius 1 is 1.24 bits per heavy atom. The van der Waals surface area contributed by atoms with Crippen molar-refractivity contribution in [3.63, 3.8) is 0 Å². The molecule has 1 aliphatic rings. The van der Waals surface area contributed by atoms with Crippen LogP contribution in [0.5, 0.6) is 0 Å². The molecule has 0 heterocycles. The van der Waals surface area contributed by atoms with Gasteiger partial charge in [0.2, 0.25) is 0 Å². The molecule has 0 fully saturated rings. The third-order valence-electron chi connectivity index (χ3n) is 2.83. The molecule has 0 spiro atoms. The Kier molecular flexibility index (Phi) is 3.71. The summed E-state index contributed by atoms with van der Waals surface area (Å²) in [5.74, 6) is -0.180. The minimum absolute atomic E-state index is 0.180. The number of hydrogen-bond donors (Lipinski definition) is 0. The van der Waals surface area contributed by atoms with Crippen LogP contribution in [0, 0.1) is 5.92 Å². The highest BCUT2D eigenvalue weighted by molar-refractivity contribution is 7.79. The van der Waals surface area contributed by atoms with Gasteiger partial charge in [-0.15, -0.1) is 0 Å². The topological polar surface area (TPSA) is 40.1 Å². The summed E-state index contributed by atoms with van der Waals surface area (Å²) >= 11 is -2.17. The van der Waals surface area contributed by atoms with E-state index in [0.717, 1.165) is 11.1 Å². The highest BCUT2D eigenvalue weighted by Crippen LogP contribution is 2.34. The monoisotopic (exact) mass is 245 g/mol. The van der Waals surface area contributed by atoms with Crippen LogP contribution in [0.1, 0.15) is 10.8 Å². The second-order valence-corrected chi connectivity index (χ2v) is 4.97. The van der Waals surface area contributed by atoms with Gasteiger partial charge in [-0.25, -0.2) is 0 Å². The Balaban J connectivity index is 2.37. The average Bonchev–Trinajstić information content (AvgIpc) is 2.33. The van der Waals surface area contributed by atoms with Gasteiger partial charge >= 0.3 is 0 Å². The lowest BCUT2D eigenvalue weighted by atomic mass is 9.89. The summed E-state index contributed by atoms with van der Waals surface area (Å²) < 4.78 is 22.9. The van der Waals surface area contributed by atoms with E-state index in [4.69, 9.17) is 0 Å². The molecule has 0 amide bonds. The highest BCUT2D eigenvalue weighted by Gasteiger charge is 2.24. The summed E-state index contributed by atoms with van der Waals surface area (Å²) in [5, 5.41) is -0.565. The Labute approximate surface area is 104 Å². The lowest BCUT2D eigenvalue weighted by molar-refractivity contribution is 0.511. The standard InChI is InChI=1S/C14H14O2S/c1-11-7-5-6-10-13(11)14(17(15)16)12-8-3-2-4-9-12/h2-10,13-14H,1H2,(H,15,16)/p-1. The Morgan fingerprint density at radius 3 is 2.53 bits per heavy atom. The maximum atomic E-state index is 11.4. The highest BCUT2D eigenvalue weighted by atomic mass is 32.2. The first kappa shape index (κ1) is 12.0. The van der Waals surface area contributed by atoms with E-state index in [1.54, 1.807) is 0 Å². The van der Waals surface area contributed by atoms with Crippen molar-refractivity contribution in [3.8, 4) is 0 Å². The summed E-state index contributed by atoms with van der Waals surface area (Å²) in [6.07, 6.45) is 7.47. The van der Waals surface area contributed by atoms with E-state index in [-0.39, 0.29) is 5.92 Å². The zero-order valence-corrected chi connectivity index (χ0v) is 10.1. The molecule has 3 unspecified atom stereocenters. The van der Waals surface area contributed by atoms with Crippen molar-refractivity contribution < 1.29 is 8.76 Å². The van der Waals surface area contributed by atoms with E-state index in [0.29, 0.717) is 0 Å². The van der Waals surface area contributed by atoms with Crippen LogP contribution in [0.2, 0.25) is 0 Å². The van der Waals surface area contributed by atoms with Crippen molar-refractivity contribution in [2.24, 2.45) is 5.92 Å². The first-order valence-corrected chi connectivity index (χ1v) is 6.50. The van der Waals surface area contributed by atoms with E-state index in [1.165, 1.54) is 0 Å². The molecule has 17 heavy (non-hydrogen) atoms. The van der Waals surface area contributed by atoms with Gasteiger partial charge in [-0.1, -0.05) is 61.2 Å². The molecule has 2 rings (SSSR count). The summed E-state index contributed by atoms with van der Waals surface area (Å²) in [6.45, 7) is 3.91. The first-order valence-electron chi connectivity index (χ1n) is 5.37. The molecule has 0 radical (unpaired) electrons. The fourth-order valence-corrected chi connectivity index (χ4v) is 2.86. The molecule has 0 bridgehead atoms. The Bertz CT molecular complexity index is 488. The normalized spacial score (nSPS) is 22.4. The fourth-order valence-electron chi connectivity index (χ4n) is 1.97. The first-order chi connectivity index (χ1) is 8.20. The molecular formula is C14H13O2S-. The molecule has 0 aromatic heterocycles. The van der Waals surface area contributed by atoms with Crippen LogP contribution in [0.15, 0.2) is 66.8 Å². The summed E-state index contributed by atoms with van der Waals surface area (Å²) in [4.78, 5) is 0. The van der Waals surface area contributed by atoms with Crippen molar-refractivity contribution in [1.82, 2.24) is 0 Å². The van der Waals surface area contributed by atoms with Crippen molar-refractivity contribution >= 4 is 11.1 Å². The molecule has 2 nitrogen and oxygen atoms in total. The molecule has 0 aliphatic heterocycles. The lowest BCUT2D eigenvalue weighted by Gasteiger charge is -2.29. The van der Waals surface area contributed by atoms with Crippen LogP contribution in [-0.4, -0.2) is 8.76 Å². The summed E-state index contributed by atoms with van der Waals surface area (Å²) in [5.41, 5.74) is 1.62. The van der Waals surface area contributed by atoms with Gasteiger partial charge in [-0.2, -0.15) is 0 Å². The predicted molar refractivity (Wildman–Crippen MR) is 69.0 cm³/mol. The average molecular weight is 245 g/mol. The largest absolute Gasteiger partial charge is 0.772 e. The molecule has 1 aliphatic carbocycles. The zero-order valence-electron chi connectivity index (χ0n) is 9.28. The minimum Gasteiger partial charge on any atom is -0.772 e. The van der Waals surface area contributed by atoms with Crippen molar-refractivity contribution in [2.75, 3.05) is 0 Å². The van der Waals surface area contributed by atoms with Crippen molar-refractivity contribution in [1.29, 1.82) is 0 Å². The maximum absolute atomic E-state index is 11.4. The van der Waals surface area contributed by atoms with Crippen LogP contribution in [-0.2, 0) is 11.1 Å². The van der Waals surface area contributed by atoms with Crippen LogP contribution >= 0.6 is 0 Å². The Hall–Kier alpha value is -1.45. The summed E-state index contributed by atoms with van der Waals surface area (Å²) in [6, 6.07) is 9.24. The van der Waals surface area contributed by atoms with E-state index >= 15 is 0 Å². The molecule has 3 atom stereocenters. The van der Waals surface area contributed by atoms with E-state index in [9.17, 15) is 8.76 Å². The SMILES string of the molecule is C=C1C=CC=CC1C(c1ccccc1)S(=O)[O-]. The number of hydrogen-bond acceptors (Lipinski definition) is 2. The van der Waals surface area contributed by atoms with Gasteiger partial charge in [0.25, 0.3) is 0 Å². The molecular weight excluding hydrogens is 232 g/mol. The molecule has 0 saturated heterocycles. The van der Waals surface area contributed by atoms with Gasteiger partial charge in [0, 0.05) is 5.92 Å². The quantitative estimate of drug-likeness (QED) is 0.768. The van der Waals surface area contributed by atoms with Crippen molar-refractivity contribution in [2.45, 2.75) is 5.25 Å². The third kappa shape index (κ3) is 2.62. The van der Waals surface area contributed by atoms with Crippen LogP contribution < -0.4 is 0 Å². The maximum Gasteiger partial charge on any atom is 0.0568 e. The third-order valence-corrected chi connectivity index (χ3v) is 3.81.